The van der Waals surface area contributed by atoms with Gasteiger partial charge in [-0.15, -0.1) is 0 Å². The van der Waals surface area contributed by atoms with E-state index in [0.29, 0.717) is 12.1 Å². The average molecular weight is 474 g/mol. The van der Waals surface area contributed by atoms with Crippen molar-refractivity contribution in [2.45, 2.75) is 39.0 Å². The average Bonchev–Trinajstić information content (AvgIpc) is 3.48. The molecule has 0 spiro atoms. The molecule has 0 radical (unpaired) electrons. The number of carbonyl (C=O) groups excluding carboxylic acids is 1. The maximum absolute atomic E-state index is 12.6. The first kappa shape index (κ1) is 22.3. The molecule has 0 aliphatic carbocycles. The highest BCUT2D eigenvalue weighted by molar-refractivity contribution is 7.23. The smallest absolute Gasteiger partial charge is 0.196 e. The van der Waals surface area contributed by atoms with Gasteiger partial charge in [-0.3, -0.25) is 9.20 Å². The summed E-state index contributed by atoms with van der Waals surface area (Å²) >= 11 is 1.58. The van der Waals surface area contributed by atoms with Crippen LogP contribution in [0.3, 0.4) is 0 Å². The zero-order valence-corrected chi connectivity index (χ0v) is 20.8. The van der Waals surface area contributed by atoms with E-state index in [2.05, 4.69) is 36.4 Å². The number of carbonyl (C=O) groups is 1. The van der Waals surface area contributed by atoms with E-state index in [0.717, 1.165) is 43.7 Å². The van der Waals surface area contributed by atoms with Crippen LogP contribution in [0.4, 0.5) is 5.82 Å². The predicted molar refractivity (Wildman–Crippen MR) is 136 cm³/mol. The molecule has 0 amide bonds. The summed E-state index contributed by atoms with van der Waals surface area (Å²) in [5.41, 5.74) is 4.51. The molecule has 0 saturated heterocycles. The zero-order chi connectivity index (χ0) is 24.0. The third-order valence-electron chi connectivity index (χ3n) is 5.73. The van der Waals surface area contributed by atoms with E-state index in [1.54, 1.807) is 11.3 Å². The third-order valence-corrected chi connectivity index (χ3v) is 6.70. The number of aromatic nitrogens is 4. The van der Waals surface area contributed by atoms with Crippen LogP contribution in [0.2, 0.25) is 0 Å². The fourth-order valence-corrected chi connectivity index (χ4v) is 4.77. The molecule has 0 atom stereocenters. The molecular formula is C26H27N5O2S. The molecule has 4 heterocycles. The largest absolute Gasteiger partial charge is 0.363 e. The van der Waals surface area contributed by atoms with Crippen molar-refractivity contribution in [2.75, 3.05) is 19.0 Å². The Hall–Kier alpha value is -3.52. The Balaban J connectivity index is 1.29. The van der Waals surface area contributed by atoms with Gasteiger partial charge in [0.2, 0.25) is 0 Å². The molecule has 0 bridgehead atoms. The number of rotatable bonds is 6. The number of anilines is 1. The van der Waals surface area contributed by atoms with Gasteiger partial charge in [0, 0.05) is 43.8 Å². The summed E-state index contributed by atoms with van der Waals surface area (Å²) in [5.74, 6) is 1.84. The second-order valence-corrected chi connectivity index (χ2v) is 10.7. The van der Waals surface area contributed by atoms with Gasteiger partial charge in [-0.05, 0) is 17.7 Å². The molecule has 4 aromatic heterocycles. The normalized spacial score (nSPS) is 12.0. The quantitative estimate of drug-likeness (QED) is 0.332. The maximum Gasteiger partial charge on any atom is 0.196 e. The van der Waals surface area contributed by atoms with Crippen molar-refractivity contribution in [3.63, 3.8) is 0 Å². The standard InChI is InChI=1S/C26H27N5O2S/c1-26(2,3)22-14-18(29-33-22)13-19(32)12-16-6-8-17(9-7-16)20-15-31-21-10-11-23(30(4)5)28-24(21)34-25(31)27-20/h6-11,14-15H,12-13H2,1-5H3. The summed E-state index contributed by atoms with van der Waals surface area (Å²) in [6, 6.07) is 14.0. The van der Waals surface area contributed by atoms with E-state index >= 15 is 0 Å². The number of benzene rings is 1. The highest BCUT2D eigenvalue weighted by Gasteiger charge is 2.20. The van der Waals surface area contributed by atoms with E-state index in [4.69, 9.17) is 14.5 Å². The van der Waals surface area contributed by atoms with Crippen LogP contribution in [0.25, 0.3) is 26.6 Å². The number of nitrogens with zero attached hydrogens (tertiary/aromatic N) is 5. The van der Waals surface area contributed by atoms with Crippen molar-refractivity contribution in [3.8, 4) is 11.3 Å². The SMILES string of the molecule is CN(C)c1ccc2c(n1)sc1nc(-c3ccc(CC(=O)Cc4cc(C(C)(C)C)on4)cc3)cn12. The molecule has 174 valence electrons. The monoisotopic (exact) mass is 473 g/mol. The Labute approximate surface area is 202 Å². The van der Waals surface area contributed by atoms with Crippen LogP contribution in [0.15, 0.2) is 53.2 Å². The van der Waals surface area contributed by atoms with Crippen LogP contribution in [0.5, 0.6) is 0 Å². The fraction of sp³-hybridized carbons (Fsp3) is 0.308. The second-order valence-electron chi connectivity index (χ2n) is 9.79. The van der Waals surface area contributed by atoms with Crippen molar-refractivity contribution >= 4 is 38.2 Å². The number of pyridine rings is 1. The van der Waals surface area contributed by atoms with E-state index in [9.17, 15) is 4.79 Å². The van der Waals surface area contributed by atoms with Gasteiger partial charge in [0.05, 0.1) is 23.3 Å². The predicted octanol–water partition coefficient (Wildman–Crippen LogP) is 5.32. The van der Waals surface area contributed by atoms with Crippen molar-refractivity contribution in [2.24, 2.45) is 0 Å². The summed E-state index contributed by atoms with van der Waals surface area (Å²) in [6.07, 6.45) is 2.68. The molecule has 0 fully saturated rings. The van der Waals surface area contributed by atoms with E-state index in [-0.39, 0.29) is 17.6 Å². The summed E-state index contributed by atoms with van der Waals surface area (Å²) in [6.45, 7) is 6.18. The molecule has 0 N–H and O–H groups in total. The highest BCUT2D eigenvalue weighted by atomic mass is 32.1. The lowest BCUT2D eigenvalue weighted by Gasteiger charge is -2.12. The number of Topliss-reactive ketones (excluding diaryl/α,β-unsaturated/α-hetero) is 1. The second kappa shape index (κ2) is 8.36. The van der Waals surface area contributed by atoms with Crippen molar-refractivity contribution in [1.82, 2.24) is 19.5 Å². The van der Waals surface area contributed by atoms with Crippen molar-refractivity contribution in [3.05, 3.63) is 65.7 Å². The van der Waals surface area contributed by atoms with Crippen LogP contribution in [-0.4, -0.2) is 39.4 Å². The van der Waals surface area contributed by atoms with E-state index in [1.165, 1.54) is 0 Å². The summed E-state index contributed by atoms with van der Waals surface area (Å²) < 4.78 is 7.48. The first-order valence-corrected chi connectivity index (χ1v) is 12.0. The molecule has 1 aromatic carbocycles. The first-order chi connectivity index (χ1) is 16.2. The van der Waals surface area contributed by atoms with Crippen LogP contribution >= 0.6 is 11.3 Å². The summed E-state index contributed by atoms with van der Waals surface area (Å²) in [7, 11) is 3.97. The maximum atomic E-state index is 12.6. The number of hydrogen-bond acceptors (Lipinski definition) is 7. The molecule has 7 nitrogen and oxygen atoms in total. The lowest BCUT2D eigenvalue weighted by molar-refractivity contribution is -0.117. The first-order valence-electron chi connectivity index (χ1n) is 11.2. The number of thiazole rings is 1. The van der Waals surface area contributed by atoms with Gasteiger partial charge >= 0.3 is 0 Å². The minimum Gasteiger partial charge on any atom is -0.363 e. The number of ketones is 1. The number of hydrogen-bond donors (Lipinski definition) is 0. The Morgan fingerprint density at radius 1 is 1.06 bits per heavy atom. The van der Waals surface area contributed by atoms with Gasteiger partial charge in [0.15, 0.2) is 4.96 Å². The van der Waals surface area contributed by atoms with Crippen LogP contribution in [-0.2, 0) is 23.1 Å². The summed E-state index contributed by atoms with van der Waals surface area (Å²) in [5, 5.41) is 4.06. The third kappa shape index (κ3) is 4.33. The molecule has 0 saturated carbocycles. The van der Waals surface area contributed by atoms with Crippen LogP contribution in [0.1, 0.15) is 37.8 Å². The van der Waals surface area contributed by atoms with Gasteiger partial charge in [-0.25, -0.2) is 9.97 Å². The minimum atomic E-state index is -0.121. The van der Waals surface area contributed by atoms with Crippen LogP contribution in [0, 0.1) is 0 Å². The fourth-order valence-electron chi connectivity index (χ4n) is 3.80. The highest BCUT2D eigenvalue weighted by Crippen LogP contribution is 2.30. The Bertz CT molecular complexity index is 1490. The van der Waals surface area contributed by atoms with Crippen molar-refractivity contribution in [1.29, 1.82) is 0 Å². The summed E-state index contributed by atoms with van der Waals surface area (Å²) in [4.78, 5) is 26.0. The minimum absolute atomic E-state index is 0.111. The zero-order valence-electron chi connectivity index (χ0n) is 20.0. The van der Waals surface area contributed by atoms with E-state index < -0.39 is 0 Å². The van der Waals surface area contributed by atoms with Crippen molar-refractivity contribution < 1.29 is 9.32 Å². The van der Waals surface area contributed by atoms with Crippen LogP contribution < -0.4 is 4.90 Å². The molecule has 8 heteroatoms. The molecule has 0 aliphatic heterocycles. The molecular weight excluding hydrogens is 446 g/mol. The Kier molecular flexibility index (Phi) is 5.48. The lowest BCUT2D eigenvalue weighted by Crippen LogP contribution is -2.09. The van der Waals surface area contributed by atoms with Gasteiger partial charge in [0.25, 0.3) is 0 Å². The van der Waals surface area contributed by atoms with Gasteiger partial charge < -0.3 is 9.42 Å². The number of imidazole rings is 1. The van der Waals surface area contributed by atoms with Gasteiger partial charge in [-0.2, -0.15) is 0 Å². The lowest BCUT2D eigenvalue weighted by atomic mass is 9.93. The topological polar surface area (TPSA) is 76.5 Å². The van der Waals surface area contributed by atoms with E-state index in [1.807, 2.05) is 61.6 Å². The number of fused-ring (bicyclic) bond motifs is 3. The Morgan fingerprint density at radius 2 is 1.82 bits per heavy atom. The molecule has 34 heavy (non-hydrogen) atoms. The van der Waals surface area contributed by atoms with Gasteiger partial charge in [-0.1, -0.05) is 61.5 Å². The Morgan fingerprint density at radius 3 is 2.50 bits per heavy atom. The molecule has 5 aromatic rings. The molecule has 0 unspecified atom stereocenters. The molecule has 5 rings (SSSR count). The molecule has 0 aliphatic rings. The van der Waals surface area contributed by atoms with Gasteiger partial charge in [0.1, 0.15) is 22.2 Å².